The number of thiophene rings is 1. The summed E-state index contributed by atoms with van der Waals surface area (Å²) in [5, 5.41) is 0. The molecule has 0 N–H and O–H groups in total. The second-order valence-electron chi connectivity index (χ2n) is 8.14. The van der Waals surface area contributed by atoms with Gasteiger partial charge in [0.05, 0.1) is 12.2 Å². The lowest BCUT2D eigenvalue weighted by atomic mass is 10.0. The van der Waals surface area contributed by atoms with E-state index in [0.717, 1.165) is 55.0 Å². The van der Waals surface area contributed by atoms with Crippen molar-refractivity contribution in [2.75, 3.05) is 26.3 Å². The van der Waals surface area contributed by atoms with Crippen LogP contribution in [0.3, 0.4) is 0 Å². The van der Waals surface area contributed by atoms with Gasteiger partial charge in [0.25, 0.3) is 0 Å². The molecule has 0 atom stereocenters. The summed E-state index contributed by atoms with van der Waals surface area (Å²) in [5.41, 5.74) is 2.66. The molecule has 0 radical (unpaired) electrons. The zero-order valence-electron chi connectivity index (χ0n) is 18.9. The first-order chi connectivity index (χ1) is 16.3. The van der Waals surface area contributed by atoms with Crippen molar-refractivity contribution in [1.82, 2.24) is 4.90 Å². The number of benzene rings is 2. The van der Waals surface area contributed by atoms with Gasteiger partial charge in [-0.2, -0.15) is 13.2 Å². The summed E-state index contributed by atoms with van der Waals surface area (Å²) in [6, 6.07) is 15.3. The molecule has 34 heavy (non-hydrogen) atoms. The normalized spacial score (nSPS) is 14.4. The van der Waals surface area contributed by atoms with E-state index in [0.29, 0.717) is 12.4 Å². The summed E-state index contributed by atoms with van der Waals surface area (Å²) < 4.78 is 48.9. The standard InChI is InChI=1S/C26H26F3NO3S/c1-2-32-25(31)17-33-22-8-5-18-11-13-30(14-12-20(18)15-22)16-23-9-10-24(34-23)19-3-6-21(7-4-19)26(27,28)29/h3-10,15H,2,11-14,16-17H2,1H3. The van der Waals surface area contributed by atoms with E-state index in [4.69, 9.17) is 9.47 Å². The van der Waals surface area contributed by atoms with E-state index in [2.05, 4.69) is 17.0 Å². The number of fused-ring (bicyclic) bond motifs is 1. The molecular weight excluding hydrogens is 463 g/mol. The Labute approximate surface area is 200 Å². The van der Waals surface area contributed by atoms with Crippen LogP contribution in [0.4, 0.5) is 13.2 Å². The van der Waals surface area contributed by atoms with Crippen LogP contribution in [0.5, 0.6) is 5.75 Å². The number of hydrogen-bond donors (Lipinski definition) is 0. The molecule has 1 aliphatic rings. The maximum atomic E-state index is 12.8. The first kappa shape index (κ1) is 24.3. The van der Waals surface area contributed by atoms with Gasteiger partial charge in [0, 0.05) is 29.4 Å². The van der Waals surface area contributed by atoms with Crippen molar-refractivity contribution >= 4 is 17.3 Å². The molecule has 4 nitrogen and oxygen atoms in total. The second kappa shape index (κ2) is 10.6. The average Bonchev–Trinajstić information content (AvgIpc) is 3.19. The Bertz CT molecular complexity index is 1130. The van der Waals surface area contributed by atoms with Gasteiger partial charge in [-0.1, -0.05) is 18.2 Å². The summed E-state index contributed by atoms with van der Waals surface area (Å²) in [6.45, 7) is 4.60. The van der Waals surface area contributed by atoms with Gasteiger partial charge in [-0.25, -0.2) is 4.79 Å². The third kappa shape index (κ3) is 6.18. The van der Waals surface area contributed by atoms with Gasteiger partial charge in [-0.05, 0) is 72.9 Å². The zero-order valence-corrected chi connectivity index (χ0v) is 19.7. The van der Waals surface area contributed by atoms with Crippen molar-refractivity contribution < 1.29 is 27.4 Å². The zero-order chi connectivity index (χ0) is 24.1. The fourth-order valence-electron chi connectivity index (χ4n) is 4.00. The van der Waals surface area contributed by atoms with Crippen LogP contribution in [-0.2, 0) is 35.1 Å². The molecule has 0 amide bonds. The van der Waals surface area contributed by atoms with Gasteiger partial charge in [0.1, 0.15) is 5.75 Å². The van der Waals surface area contributed by atoms with E-state index in [1.165, 1.54) is 28.1 Å². The van der Waals surface area contributed by atoms with Crippen LogP contribution in [-0.4, -0.2) is 37.2 Å². The number of alkyl halides is 3. The number of nitrogens with zero attached hydrogens (tertiary/aromatic N) is 1. The maximum absolute atomic E-state index is 12.8. The lowest BCUT2D eigenvalue weighted by Gasteiger charge is -2.18. The van der Waals surface area contributed by atoms with Gasteiger partial charge in [0.15, 0.2) is 6.61 Å². The van der Waals surface area contributed by atoms with Crippen LogP contribution < -0.4 is 4.74 Å². The highest BCUT2D eigenvalue weighted by molar-refractivity contribution is 7.15. The fourth-order valence-corrected chi connectivity index (χ4v) is 5.06. The third-order valence-electron chi connectivity index (χ3n) is 5.77. The highest BCUT2D eigenvalue weighted by Gasteiger charge is 2.30. The maximum Gasteiger partial charge on any atom is 0.416 e. The Morgan fingerprint density at radius 2 is 1.74 bits per heavy atom. The topological polar surface area (TPSA) is 38.8 Å². The lowest BCUT2D eigenvalue weighted by molar-refractivity contribution is -0.145. The second-order valence-corrected chi connectivity index (χ2v) is 9.31. The van der Waals surface area contributed by atoms with E-state index in [-0.39, 0.29) is 12.6 Å². The Morgan fingerprint density at radius 1 is 1.00 bits per heavy atom. The number of rotatable bonds is 7. The lowest BCUT2D eigenvalue weighted by Crippen LogP contribution is -2.25. The van der Waals surface area contributed by atoms with Crippen molar-refractivity contribution in [1.29, 1.82) is 0 Å². The highest BCUT2D eigenvalue weighted by atomic mass is 32.1. The smallest absolute Gasteiger partial charge is 0.416 e. The van der Waals surface area contributed by atoms with Crippen molar-refractivity contribution in [2.45, 2.75) is 32.5 Å². The van der Waals surface area contributed by atoms with Crippen LogP contribution in [0.25, 0.3) is 10.4 Å². The number of halogens is 3. The molecule has 0 unspecified atom stereocenters. The summed E-state index contributed by atoms with van der Waals surface area (Å²) >= 11 is 1.61. The van der Waals surface area contributed by atoms with Gasteiger partial charge >= 0.3 is 12.1 Å². The quantitative estimate of drug-likeness (QED) is 0.383. The van der Waals surface area contributed by atoms with Crippen LogP contribution in [0.2, 0.25) is 0 Å². The molecule has 180 valence electrons. The van der Waals surface area contributed by atoms with Crippen molar-refractivity contribution in [3.05, 3.63) is 76.2 Å². The molecular formula is C26H26F3NO3S. The molecule has 0 spiro atoms. The number of carbonyl (C=O) groups is 1. The average molecular weight is 490 g/mol. The van der Waals surface area contributed by atoms with Gasteiger partial charge in [0.2, 0.25) is 0 Å². The van der Waals surface area contributed by atoms with Gasteiger partial charge in [-0.15, -0.1) is 11.3 Å². The number of hydrogen-bond acceptors (Lipinski definition) is 5. The Morgan fingerprint density at radius 3 is 2.44 bits per heavy atom. The molecule has 0 saturated carbocycles. The number of carbonyl (C=O) groups excluding carboxylic acids is 1. The minimum Gasteiger partial charge on any atom is -0.482 e. The molecule has 2 heterocycles. The number of ether oxygens (including phenoxy) is 2. The largest absolute Gasteiger partial charge is 0.482 e. The third-order valence-corrected chi connectivity index (χ3v) is 6.89. The highest BCUT2D eigenvalue weighted by Crippen LogP contribution is 2.33. The molecule has 1 aromatic heterocycles. The van der Waals surface area contributed by atoms with Gasteiger partial charge in [-0.3, -0.25) is 4.90 Å². The first-order valence-electron chi connectivity index (χ1n) is 11.2. The molecule has 4 rings (SSSR count). The molecule has 3 aromatic rings. The first-order valence-corrected chi connectivity index (χ1v) is 12.0. The predicted octanol–water partition coefficient (Wildman–Crippen LogP) is 5.98. The van der Waals surface area contributed by atoms with E-state index in [1.807, 2.05) is 18.2 Å². The van der Waals surface area contributed by atoms with E-state index < -0.39 is 11.7 Å². The van der Waals surface area contributed by atoms with Crippen molar-refractivity contribution in [3.8, 4) is 16.2 Å². The van der Waals surface area contributed by atoms with E-state index in [9.17, 15) is 18.0 Å². The molecule has 0 saturated heterocycles. The number of esters is 1. The van der Waals surface area contributed by atoms with E-state index in [1.54, 1.807) is 18.3 Å². The van der Waals surface area contributed by atoms with Crippen LogP contribution in [0, 0.1) is 0 Å². The molecule has 0 fully saturated rings. The van der Waals surface area contributed by atoms with E-state index >= 15 is 0 Å². The predicted molar refractivity (Wildman–Crippen MR) is 126 cm³/mol. The molecule has 1 aliphatic heterocycles. The molecule has 0 aliphatic carbocycles. The van der Waals surface area contributed by atoms with Crippen molar-refractivity contribution in [2.24, 2.45) is 0 Å². The summed E-state index contributed by atoms with van der Waals surface area (Å²) in [4.78, 5) is 16.1. The van der Waals surface area contributed by atoms with Crippen LogP contribution in [0.1, 0.15) is 28.5 Å². The monoisotopic (exact) mass is 489 g/mol. The van der Waals surface area contributed by atoms with Crippen molar-refractivity contribution in [3.63, 3.8) is 0 Å². The fraction of sp³-hybridized carbons (Fsp3) is 0.346. The SMILES string of the molecule is CCOC(=O)COc1ccc2c(c1)CCN(Cc1ccc(-c3ccc(C(F)(F)F)cc3)s1)CC2. The van der Waals surface area contributed by atoms with Gasteiger partial charge < -0.3 is 9.47 Å². The Balaban J connectivity index is 1.35. The summed E-state index contributed by atoms with van der Waals surface area (Å²) in [7, 11) is 0. The van der Waals surface area contributed by atoms with Crippen LogP contribution in [0.15, 0.2) is 54.6 Å². The molecule has 2 aromatic carbocycles. The summed E-state index contributed by atoms with van der Waals surface area (Å²) in [5.74, 6) is 0.287. The summed E-state index contributed by atoms with van der Waals surface area (Å²) in [6.07, 6.45) is -2.52. The Hall–Kier alpha value is -2.84. The minimum atomic E-state index is -4.32. The molecule has 8 heteroatoms. The Kier molecular flexibility index (Phi) is 7.58. The minimum absolute atomic E-state index is 0.0988. The molecule has 0 bridgehead atoms. The van der Waals surface area contributed by atoms with Crippen LogP contribution >= 0.6 is 11.3 Å².